The number of para-hydroxylation sites is 1. The van der Waals surface area contributed by atoms with E-state index in [1.807, 2.05) is 60.8 Å². The Morgan fingerprint density at radius 3 is 2.47 bits per heavy atom. The van der Waals surface area contributed by atoms with Crippen molar-refractivity contribution in [1.82, 2.24) is 10.3 Å². The van der Waals surface area contributed by atoms with Crippen LogP contribution in [0.25, 0.3) is 10.1 Å². The average Bonchev–Trinajstić information content (AvgIpc) is 3.20. The molecule has 3 N–H and O–H groups in total. The Balaban J connectivity index is 1.71. The number of nitrogens with zero attached hydrogens (tertiary/aromatic N) is 1. The van der Waals surface area contributed by atoms with Crippen molar-refractivity contribution >= 4 is 50.4 Å². The van der Waals surface area contributed by atoms with Crippen molar-refractivity contribution < 1.29 is 9.59 Å². The standard InChI is InChI=1S/C23H20N4O2S/c1-14-7-3-5-9-17(14)25-18-11-12-19(23(29)24-2)26-21(18)27-22(28)16-13-30-20-10-6-4-8-15(16)20/h3-13,25H,1-2H3,(H,24,29)(H,26,27,28). The monoisotopic (exact) mass is 416 g/mol. The molecule has 0 aliphatic rings. The zero-order chi connectivity index (χ0) is 21.1. The van der Waals surface area contributed by atoms with E-state index in [1.165, 1.54) is 11.3 Å². The molecule has 0 saturated heterocycles. The van der Waals surface area contributed by atoms with Gasteiger partial charge in [0.1, 0.15) is 5.69 Å². The highest BCUT2D eigenvalue weighted by Crippen LogP contribution is 2.29. The van der Waals surface area contributed by atoms with Crippen LogP contribution >= 0.6 is 11.3 Å². The number of pyridine rings is 1. The van der Waals surface area contributed by atoms with Crippen molar-refractivity contribution in [3.05, 3.63) is 82.9 Å². The molecule has 0 spiro atoms. The summed E-state index contributed by atoms with van der Waals surface area (Å²) >= 11 is 1.51. The number of nitrogens with one attached hydrogen (secondary N) is 3. The molecule has 0 fully saturated rings. The molecule has 2 aromatic heterocycles. The number of rotatable bonds is 5. The van der Waals surface area contributed by atoms with Crippen LogP contribution in [-0.2, 0) is 0 Å². The van der Waals surface area contributed by atoms with E-state index in [1.54, 1.807) is 19.2 Å². The van der Waals surface area contributed by atoms with E-state index in [2.05, 4.69) is 20.9 Å². The van der Waals surface area contributed by atoms with Gasteiger partial charge in [0.2, 0.25) is 0 Å². The van der Waals surface area contributed by atoms with E-state index < -0.39 is 0 Å². The maximum atomic E-state index is 13.0. The molecular weight excluding hydrogens is 396 g/mol. The van der Waals surface area contributed by atoms with Gasteiger partial charge in [0, 0.05) is 28.2 Å². The maximum absolute atomic E-state index is 13.0. The zero-order valence-electron chi connectivity index (χ0n) is 16.5. The fourth-order valence-electron chi connectivity index (χ4n) is 3.10. The Labute approximate surface area is 178 Å². The predicted octanol–water partition coefficient (Wildman–Crippen LogP) is 4.96. The van der Waals surface area contributed by atoms with Gasteiger partial charge >= 0.3 is 0 Å². The first-order chi connectivity index (χ1) is 14.6. The lowest BCUT2D eigenvalue weighted by Crippen LogP contribution is -2.21. The van der Waals surface area contributed by atoms with E-state index in [-0.39, 0.29) is 17.5 Å². The second-order valence-corrected chi connectivity index (χ2v) is 7.62. The third-order valence-electron chi connectivity index (χ3n) is 4.73. The fraction of sp³-hybridized carbons (Fsp3) is 0.0870. The summed E-state index contributed by atoms with van der Waals surface area (Å²) in [4.78, 5) is 29.5. The summed E-state index contributed by atoms with van der Waals surface area (Å²) in [6.07, 6.45) is 0. The minimum absolute atomic E-state index is 0.221. The first-order valence-corrected chi connectivity index (χ1v) is 10.3. The number of hydrogen-bond acceptors (Lipinski definition) is 5. The van der Waals surface area contributed by atoms with E-state index in [0.29, 0.717) is 17.1 Å². The largest absolute Gasteiger partial charge is 0.354 e. The molecular formula is C23H20N4O2S. The average molecular weight is 417 g/mol. The molecule has 2 aromatic carbocycles. The van der Waals surface area contributed by atoms with Crippen LogP contribution in [0.3, 0.4) is 0 Å². The molecule has 30 heavy (non-hydrogen) atoms. The molecule has 0 bridgehead atoms. The van der Waals surface area contributed by atoms with Crippen LogP contribution in [0.4, 0.5) is 17.2 Å². The van der Waals surface area contributed by atoms with Gasteiger partial charge in [-0.05, 0) is 36.8 Å². The molecule has 0 unspecified atom stereocenters. The van der Waals surface area contributed by atoms with Crippen molar-refractivity contribution in [2.45, 2.75) is 6.92 Å². The van der Waals surface area contributed by atoms with Crippen LogP contribution in [0, 0.1) is 6.92 Å². The molecule has 0 aliphatic carbocycles. The number of benzene rings is 2. The minimum atomic E-state index is -0.325. The molecule has 0 radical (unpaired) electrons. The molecule has 0 atom stereocenters. The van der Waals surface area contributed by atoms with Crippen molar-refractivity contribution in [2.24, 2.45) is 0 Å². The molecule has 4 rings (SSSR count). The SMILES string of the molecule is CNC(=O)c1ccc(Nc2ccccc2C)c(NC(=O)c2csc3ccccc23)n1. The number of aromatic nitrogens is 1. The predicted molar refractivity (Wildman–Crippen MR) is 122 cm³/mol. The molecule has 0 saturated carbocycles. The van der Waals surface area contributed by atoms with E-state index in [9.17, 15) is 9.59 Å². The molecule has 2 amide bonds. The summed E-state index contributed by atoms with van der Waals surface area (Å²) in [6.45, 7) is 1.99. The van der Waals surface area contributed by atoms with Gasteiger partial charge in [-0.25, -0.2) is 4.98 Å². The lowest BCUT2D eigenvalue weighted by atomic mass is 10.1. The highest BCUT2D eigenvalue weighted by molar-refractivity contribution is 7.17. The molecule has 150 valence electrons. The molecule has 2 heterocycles. The lowest BCUT2D eigenvalue weighted by molar-refractivity contribution is 0.0956. The van der Waals surface area contributed by atoms with Crippen molar-refractivity contribution in [3.8, 4) is 0 Å². The quantitative estimate of drug-likeness (QED) is 0.429. The van der Waals surface area contributed by atoms with Crippen LogP contribution in [0.15, 0.2) is 66.0 Å². The first kappa shape index (κ1) is 19.6. The van der Waals surface area contributed by atoms with Gasteiger partial charge < -0.3 is 16.0 Å². The third-order valence-corrected chi connectivity index (χ3v) is 5.69. The number of thiophene rings is 1. The third kappa shape index (κ3) is 3.88. The summed E-state index contributed by atoms with van der Waals surface area (Å²) in [6, 6.07) is 18.9. The van der Waals surface area contributed by atoms with Gasteiger partial charge in [0.15, 0.2) is 5.82 Å². The van der Waals surface area contributed by atoms with Crippen LogP contribution in [-0.4, -0.2) is 23.8 Å². The second kappa shape index (κ2) is 8.34. The number of hydrogen-bond donors (Lipinski definition) is 3. The van der Waals surface area contributed by atoms with Crippen molar-refractivity contribution in [3.63, 3.8) is 0 Å². The van der Waals surface area contributed by atoms with Gasteiger partial charge in [-0.3, -0.25) is 9.59 Å². The second-order valence-electron chi connectivity index (χ2n) is 6.71. The summed E-state index contributed by atoms with van der Waals surface area (Å²) in [5.74, 6) is -0.310. The number of carbonyl (C=O) groups excluding carboxylic acids is 2. The smallest absolute Gasteiger partial charge is 0.269 e. The molecule has 4 aromatic rings. The Kier molecular flexibility index (Phi) is 5.45. The number of carbonyl (C=O) groups is 2. The Morgan fingerprint density at radius 2 is 1.67 bits per heavy atom. The Morgan fingerprint density at radius 1 is 0.900 bits per heavy atom. The highest BCUT2D eigenvalue weighted by atomic mass is 32.1. The zero-order valence-corrected chi connectivity index (χ0v) is 17.3. The van der Waals surface area contributed by atoms with Crippen LogP contribution < -0.4 is 16.0 Å². The van der Waals surface area contributed by atoms with E-state index in [0.717, 1.165) is 21.3 Å². The summed E-state index contributed by atoms with van der Waals surface area (Å²) in [5.41, 5.74) is 3.34. The summed E-state index contributed by atoms with van der Waals surface area (Å²) in [7, 11) is 1.54. The number of anilines is 3. The number of fused-ring (bicyclic) bond motifs is 1. The lowest BCUT2D eigenvalue weighted by Gasteiger charge is -2.15. The van der Waals surface area contributed by atoms with Crippen LogP contribution in [0.2, 0.25) is 0 Å². The van der Waals surface area contributed by atoms with Gasteiger partial charge in [-0.15, -0.1) is 11.3 Å². The van der Waals surface area contributed by atoms with Crippen molar-refractivity contribution in [2.75, 3.05) is 17.7 Å². The minimum Gasteiger partial charge on any atom is -0.354 e. The van der Waals surface area contributed by atoms with Gasteiger partial charge in [-0.1, -0.05) is 36.4 Å². The molecule has 7 heteroatoms. The summed E-state index contributed by atoms with van der Waals surface area (Å²) < 4.78 is 1.04. The van der Waals surface area contributed by atoms with Gasteiger partial charge in [-0.2, -0.15) is 0 Å². The maximum Gasteiger partial charge on any atom is 0.269 e. The first-order valence-electron chi connectivity index (χ1n) is 9.40. The van der Waals surface area contributed by atoms with E-state index >= 15 is 0 Å². The number of amides is 2. The van der Waals surface area contributed by atoms with Crippen molar-refractivity contribution in [1.29, 1.82) is 0 Å². The molecule has 6 nitrogen and oxygen atoms in total. The normalized spacial score (nSPS) is 10.6. The topological polar surface area (TPSA) is 83.1 Å². The Hall–Kier alpha value is -3.71. The Bertz CT molecular complexity index is 1250. The number of aryl methyl sites for hydroxylation is 1. The van der Waals surface area contributed by atoms with Crippen LogP contribution in [0.1, 0.15) is 26.4 Å². The fourth-order valence-corrected chi connectivity index (χ4v) is 4.04. The van der Waals surface area contributed by atoms with Crippen LogP contribution in [0.5, 0.6) is 0 Å². The summed E-state index contributed by atoms with van der Waals surface area (Å²) in [5, 5.41) is 11.5. The van der Waals surface area contributed by atoms with E-state index in [4.69, 9.17) is 0 Å². The van der Waals surface area contributed by atoms with Gasteiger partial charge in [0.25, 0.3) is 11.8 Å². The van der Waals surface area contributed by atoms with Gasteiger partial charge in [0.05, 0.1) is 11.3 Å². The highest BCUT2D eigenvalue weighted by Gasteiger charge is 2.17. The molecule has 0 aliphatic heterocycles.